The van der Waals surface area contributed by atoms with E-state index < -0.39 is 5.97 Å². The fourth-order valence-corrected chi connectivity index (χ4v) is 3.54. The highest BCUT2D eigenvalue weighted by molar-refractivity contribution is 5.88. The minimum absolute atomic E-state index is 0.0662. The highest BCUT2D eigenvalue weighted by atomic mass is 16.5. The number of ether oxygens (including phenoxy) is 1. The Hall–Kier alpha value is -2.02. The van der Waals surface area contributed by atoms with Gasteiger partial charge in [-0.15, -0.1) is 0 Å². The molecular formula is C17H23N3O4. The third kappa shape index (κ3) is 3.56. The molecule has 0 spiro atoms. The Balaban J connectivity index is 1.66. The van der Waals surface area contributed by atoms with Crippen molar-refractivity contribution in [2.24, 2.45) is 5.92 Å². The first-order valence-corrected chi connectivity index (χ1v) is 8.49. The van der Waals surface area contributed by atoms with Crippen molar-refractivity contribution in [2.75, 3.05) is 26.3 Å². The molecule has 0 bridgehead atoms. The smallest absolute Gasteiger partial charge is 0.339 e. The molecular weight excluding hydrogens is 310 g/mol. The van der Waals surface area contributed by atoms with E-state index in [4.69, 9.17) is 4.74 Å². The van der Waals surface area contributed by atoms with E-state index in [-0.39, 0.29) is 23.3 Å². The van der Waals surface area contributed by atoms with Crippen LogP contribution in [0.3, 0.4) is 0 Å². The maximum absolute atomic E-state index is 12.6. The Morgan fingerprint density at radius 2 is 1.88 bits per heavy atom. The lowest BCUT2D eigenvalue weighted by Crippen LogP contribution is -2.43. The van der Waals surface area contributed by atoms with Gasteiger partial charge in [0.25, 0.3) is 0 Å². The lowest BCUT2D eigenvalue weighted by Gasteiger charge is -2.35. The van der Waals surface area contributed by atoms with E-state index in [0.29, 0.717) is 37.8 Å². The molecule has 2 saturated heterocycles. The molecule has 130 valence electrons. The maximum Gasteiger partial charge on any atom is 0.339 e. The van der Waals surface area contributed by atoms with E-state index in [0.717, 1.165) is 25.7 Å². The van der Waals surface area contributed by atoms with Crippen molar-refractivity contribution in [3.63, 3.8) is 0 Å². The fraction of sp³-hybridized carbons (Fsp3) is 0.647. The van der Waals surface area contributed by atoms with Crippen LogP contribution in [-0.4, -0.2) is 58.2 Å². The normalized spacial score (nSPS) is 20.1. The summed E-state index contributed by atoms with van der Waals surface area (Å²) >= 11 is 0. The van der Waals surface area contributed by atoms with Gasteiger partial charge in [0.2, 0.25) is 5.91 Å². The van der Waals surface area contributed by atoms with Crippen LogP contribution in [0, 0.1) is 12.8 Å². The lowest BCUT2D eigenvalue weighted by atomic mass is 9.89. The van der Waals surface area contributed by atoms with Gasteiger partial charge in [0.15, 0.2) is 0 Å². The van der Waals surface area contributed by atoms with Crippen molar-refractivity contribution in [2.45, 2.75) is 38.5 Å². The largest absolute Gasteiger partial charge is 0.478 e. The summed E-state index contributed by atoms with van der Waals surface area (Å²) < 4.78 is 5.32. The molecule has 3 heterocycles. The predicted molar refractivity (Wildman–Crippen MR) is 85.8 cm³/mol. The van der Waals surface area contributed by atoms with E-state index >= 15 is 0 Å². The van der Waals surface area contributed by atoms with Crippen molar-refractivity contribution in [3.05, 3.63) is 23.3 Å². The van der Waals surface area contributed by atoms with Crippen LogP contribution in [0.2, 0.25) is 0 Å². The predicted octanol–water partition coefficient (Wildman–Crippen LogP) is 1.62. The molecule has 1 aromatic rings. The van der Waals surface area contributed by atoms with Crippen molar-refractivity contribution in [1.82, 2.24) is 14.9 Å². The molecule has 3 rings (SSSR count). The minimum atomic E-state index is -0.995. The number of carbonyl (C=O) groups is 2. The van der Waals surface area contributed by atoms with E-state index in [1.54, 1.807) is 6.92 Å². The maximum atomic E-state index is 12.6. The molecule has 0 atom stereocenters. The lowest BCUT2D eigenvalue weighted by molar-refractivity contribution is -0.139. The van der Waals surface area contributed by atoms with E-state index in [9.17, 15) is 14.7 Å². The van der Waals surface area contributed by atoms with Crippen molar-refractivity contribution < 1.29 is 19.4 Å². The number of carboxylic acids is 1. The average Bonchev–Trinajstić information content (AvgIpc) is 2.61. The van der Waals surface area contributed by atoms with Crippen molar-refractivity contribution in [1.29, 1.82) is 0 Å². The standard InChI is InChI=1S/C17H23N3O4/c1-11-18-10-14(17(22)23)15(19-11)12-2-6-20(7-3-12)16(21)13-4-8-24-9-5-13/h10,12-13H,2-9H2,1H3,(H,22,23). The van der Waals surface area contributed by atoms with Crippen LogP contribution in [0.1, 0.15) is 53.5 Å². The van der Waals surface area contributed by atoms with Gasteiger partial charge < -0.3 is 14.7 Å². The topological polar surface area (TPSA) is 92.6 Å². The molecule has 7 heteroatoms. The first-order chi connectivity index (χ1) is 11.6. The number of amides is 1. The number of hydrogen-bond donors (Lipinski definition) is 1. The van der Waals surface area contributed by atoms with E-state index in [1.807, 2.05) is 4.90 Å². The van der Waals surface area contributed by atoms with Crippen LogP contribution in [0.15, 0.2) is 6.20 Å². The average molecular weight is 333 g/mol. The van der Waals surface area contributed by atoms with Gasteiger partial charge in [0.1, 0.15) is 5.82 Å². The first kappa shape index (κ1) is 16.8. The Morgan fingerprint density at radius 1 is 1.21 bits per heavy atom. The summed E-state index contributed by atoms with van der Waals surface area (Å²) in [6, 6.07) is 0. The molecule has 0 saturated carbocycles. The molecule has 0 aliphatic carbocycles. The van der Waals surface area contributed by atoms with Crippen LogP contribution in [0.4, 0.5) is 0 Å². The Bertz CT molecular complexity index is 620. The van der Waals surface area contributed by atoms with Gasteiger partial charge in [-0.2, -0.15) is 0 Å². The van der Waals surface area contributed by atoms with Crippen LogP contribution in [0.5, 0.6) is 0 Å². The van der Waals surface area contributed by atoms with E-state index in [2.05, 4.69) is 9.97 Å². The zero-order chi connectivity index (χ0) is 17.1. The highest BCUT2D eigenvalue weighted by Gasteiger charge is 2.31. The zero-order valence-electron chi connectivity index (χ0n) is 13.9. The van der Waals surface area contributed by atoms with E-state index in [1.165, 1.54) is 6.20 Å². The number of piperidine rings is 1. The third-order valence-corrected chi connectivity index (χ3v) is 4.93. The second-order valence-corrected chi connectivity index (χ2v) is 6.51. The summed E-state index contributed by atoms with van der Waals surface area (Å²) in [5.74, 6) is -0.0572. The SMILES string of the molecule is Cc1ncc(C(=O)O)c(C2CCN(C(=O)C3CCOCC3)CC2)n1. The molecule has 2 fully saturated rings. The van der Waals surface area contributed by atoms with Crippen LogP contribution < -0.4 is 0 Å². The minimum Gasteiger partial charge on any atom is -0.478 e. The van der Waals surface area contributed by atoms with Crippen LogP contribution in [0.25, 0.3) is 0 Å². The van der Waals surface area contributed by atoms with Gasteiger partial charge in [0, 0.05) is 44.3 Å². The quantitative estimate of drug-likeness (QED) is 0.903. The summed E-state index contributed by atoms with van der Waals surface area (Å²) in [7, 11) is 0. The molecule has 1 amide bonds. The van der Waals surface area contributed by atoms with Gasteiger partial charge >= 0.3 is 5.97 Å². The summed E-state index contributed by atoms with van der Waals surface area (Å²) in [6.07, 6.45) is 4.47. The van der Waals surface area contributed by atoms with Gasteiger partial charge in [-0.3, -0.25) is 4.79 Å². The number of carboxylic acid groups (broad SMARTS) is 1. The Morgan fingerprint density at radius 3 is 2.50 bits per heavy atom. The fourth-order valence-electron chi connectivity index (χ4n) is 3.54. The number of aryl methyl sites for hydroxylation is 1. The molecule has 1 aromatic heterocycles. The number of likely N-dealkylation sites (tertiary alicyclic amines) is 1. The highest BCUT2D eigenvalue weighted by Crippen LogP contribution is 2.30. The Labute approximate surface area is 141 Å². The molecule has 24 heavy (non-hydrogen) atoms. The molecule has 0 aromatic carbocycles. The molecule has 7 nitrogen and oxygen atoms in total. The molecule has 2 aliphatic rings. The summed E-state index contributed by atoms with van der Waals surface area (Å²) in [5, 5.41) is 9.34. The van der Waals surface area contributed by atoms with Gasteiger partial charge in [-0.25, -0.2) is 14.8 Å². The second kappa shape index (κ2) is 7.25. The van der Waals surface area contributed by atoms with Gasteiger partial charge in [0.05, 0.1) is 11.3 Å². The molecule has 2 aliphatic heterocycles. The second-order valence-electron chi connectivity index (χ2n) is 6.51. The number of aromatic nitrogens is 2. The van der Waals surface area contributed by atoms with Crippen molar-refractivity contribution >= 4 is 11.9 Å². The molecule has 1 N–H and O–H groups in total. The number of nitrogens with zero attached hydrogens (tertiary/aromatic N) is 3. The number of hydrogen-bond acceptors (Lipinski definition) is 5. The summed E-state index contributed by atoms with van der Waals surface area (Å²) in [5.41, 5.74) is 0.781. The summed E-state index contributed by atoms with van der Waals surface area (Å²) in [6.45, 7) is 4.40. The van der Waals surface area contributed by atoms with Crippen molar-refractivity contribution in [3.8, 4) is 0 Å². The zero-order valence-corrected chi connectivity index (χ0v) is 13.9. The monoisotopic (exact) mass is 333 g/mol. The first-order valence-electron chi connectivity index (χ1n) is 8.49. The van der Waals surface area contributed by atoms with Gasteiger partial charge in [-0.05, 0) is 32.6 Å². The molecule has 0 unspecified atom stereocenters. The number of aromatic carboxylic acids is 1. The van der Waals surface area contributed by atoms with Crippen LogP contribution in [-0.2, 0) is 9.53 Å². The van der Waals surface area contributed by atoms with Gasteiger partial charge in [-0.1, -0.05) is 0 Å². The number of rotatable bonds is 3. The molecule has 0 radical (unpaired) electrons. The number of carbonyl (C=O) groups excluding carboxylic acids is 1. The Kier molecular flexibility index (Phi) is 5.08. The van der Waals surface area contributed by atoms with Crippen LogP contribution >= 0.6 is 0 Å². The summed E-state index contributed by atoms with van der Waals surface area (Å²) in [4.78, 5) is 34.3. The third-order valence-electron chi connectivity index (χ3n) is 4.93.